The van der Waals surface area contributed by atoms with Crippen molar-refractivity contribution < 1.29 is 0 Å². The van der Waals surface area contributed by atoms with Gasteiger partial charge >= 0.3 is 0 Å². The Hall–Kier alpha value is -0.900. The third-order valence-corrected chi connectivity index (χ3v) is 4.01. The van der Waals surface area contributed by atoms with Gasteiger partial charge in [-0.05, 0) is 24.3 Å². The molecule has 1 aromatic heterocycles. The lowest BCUT2D eigenvalue weighted by Crippen LogP contribution is -2.04. The lowest BCUT2D eigenvalue weighted by molar-refractivity contribution is 1.12. The summed E-state index contributed by atoms with van der Waals surface area (Å²) in [7, 11) is 0. The van der Waals surface area contributed by atoms with Crippen LogP contribution in [0, 0.1) is 0 Å². The van der Waals surface area contributed by atoms with Crippen molar-refractivity contribution in [2.45, 2.75) is 5.03 Å². The van der Waals surface area contributed by atoms with Gasteiger partial charge in [-0.1, -0.05) is 35.3 Å². The largest absolute Gasteiger partial charge is 0.383 e. The highest BCUT2D eigenvalue weighted by Gasteiger charge is 2.01. The first-order valence-corrected chi connectivity index (χ1v) is 7.23. The molecule has 2 rings (SSSR count). The molecule has 1 aromatic carbocycles. The van der Waals surface area contributed by atoms with E-state index in [2.05, 4.69) is 10.3 Å². The van der Waals surface area contributed by atoms with Crippen LogP contribution in [0.15, 0.2) is 47.6 Å². The Morgan fingerprint density at radius 3 is 2.61 bits per heavy atom. The molecule has 0 saturated carbocycles. The van der Waals surface area contributed by atoms with Crippen molar-refractivity contribution in [2.24, 2.45) is 0 Å². The second kappa shape index (κ2) is 6.88. The minimum atomic E-state index is 0.695. The van der Waals surface area contributed by atoms with Gasteiger partial charge in [0.1, 0.15) is 5.03 Å². The maximum absolute atomic E-state index is 6.04. The molecule has 0 fully saturated rings. The molecule has 1 heterocycles. The van der Waals surface area contributed by atoms with Crippen molar-refractivity contribution in [1.29, 1.82) is 0 Å². The smallest absolute Gasteiger partial charge is 0.115 e. The molecule has 0 aliphatic rings. The van der Waals surface area contributed by atoms with Gasteiger partial charge in [0.25, 0.3) is 0 Å². The van der Waals surface area contributed by atoms with Crippen LogP contribution in [0.2, 0.25) is 10.0 Å². The van der Waals surface area contributed by atoms with Crippen LogP contribution in [0.3, 0.4) is 0 Å². The fourth-order valence-corrected chi connectivity index (χ4v) is 2.64. The highest BCUT2D eigenvalue weighted by atomic mass is 35.5. The monoisotopic (exact) mass is 298 g/mol. The van der Waals surface area contributed by atoms with Crippen LogP contribution in [0.25, 0.3) is 0 Å². The number of nitrogens with zero attached hydrogens (tertiary/aromatic N) is 1. The molecule has 0 aliphatic carbocycles. The third-order valence-electron chi connectivity index (χ3n) is 2.25. The van der Waals surface area contributed by atoms with Gasteiger partial charge in [-0.3, -0.25) is 0 Å². The maximum Gasteiger partial charge on any atom is 0.115 e. The molecule has 0 unspecified atom stereocenters. The van der Waals surface area contributed by atoms with Crippen molar-refractivity contribution in [3.8, 4) is 0 Å². The van der Waals surface area contributed by atoms with Crippen molar-refractivity contribution in [3.05, 3.63) is 52.6 Å². The van der Waals surface area contributed by atoms with Crippen molar-refractivity contribution in [2.75, 3.05) is 17.6 Å². The molecule has 0 aliphatic heterocycles. The number of halogens is 2. The van der Waals surface area contributed by atoms with Gasteiger partial charge in [-0.2, -0.15) is 0 Å². The first kappa shape index (κ1) is 13.5. The first-order chi connectivity index (χ1) is 8.77. The summed E-state index contributed by atoms with van der Waals surface area (Å²) in [6.07, 6.45) is 1.75. The Morgan fingerprint density at radius 2 is 1.83 bits per heavy atom. The summed E-state index contributed by atoms with van der Waals surface area (Å²) in [5.74, 6) is 0.877. The SMILES string of the molecule is Clc1ccccc1NCCSc1ncccc1Cl. The second-order valence-electron chi connectivity index (χ2n) is 3.55. The molecule has 0 spiro atoms. The Morgan fingerprint density at radius 1 is 1.06 bits per heavy atom. The number of rotatable bonds is 5. The topological polar surface area (TPSA) is 24.9 Å². The van der Waals surface area contributed by atoms with Gasteiger partial charge in [-0.25, -0.2) is 4.98 Å². The molecular formula is C13H12Cl2N2S. The standard InChI is InChI=1S/C13H12Cl2N2S/c14-10-4-1-2-6-12(10)16-8-9-18-13-11(15)5-3-7-17-13/h1-7,16H,8-9H2. The van der Waals surface area contributed by atoms with E-state index in [1.54, 1.807) is 18.0 Å². The molecule has 18 heavy (non-hydrogen) atoms. The van der Waals surface area contributed by atoms with Crippen LogP contribution in [0.1, 0.15) is 0 Å². The van der Waals surface area contributed by atoms with E-state index in [0.717, 1.165) is 28.0 Å². The summed E-state index contributed by atoms with van der Waals surface area (Å²) in [5, 5.41) is 5.57. The number of benzene rings is 1. The van der Waals surface area contributed by atoms with E-state index in [1.165, 1.54) is 0 Å². The number of thioether (sulfide) groups is 1. The summed E-state index contributed by atoms with van der Waals surface area (Å²) in [4.78, 5) is 4.22. The van der Waals surface area contributed by atoms with E-state index in [4.69, 9.17) is 23.2 Å². The molecule has 1 N–H and O–H groups in total. The molecule has 94 valence electrons. The van der Waals surface area contributed by atoms with Gasteiger partial charge in [0.15, 0.2) is 0 Å². The van der Waals surface area contributed by atoms with Crippen LogP contribution in [-0.2, 0) is 0 Å². The van der Waals surface area contributed by atoms with Crippen LogP contribution in [-0.4, -0.2) is 17.3 Å². The third kappa shape index (κ3) is 3.80. The van der Waals surface area contributed by atoms with Gasteiger partial charge in [-0.15, -0.1) is 11.8 Å². The number of aromatic nitrogens is 1. The zero-order chi connectivity index (χ0) is 12.8. The Bertz CT molecular complexity index is 472. The summed E-state index contributed by atoms with van der Waals surface area (Å²) in [6.45, 7) is 0.807. The van der Waals surface area contributed by atoms with Gasteiger partial charge < -0.3 is 5.32 Å². The first-order valence-electron chi connectivity index (χ1n) is 5.49. The lowest BCUT2D eigenvalue weighted by Gasteiger charge is -2.07. The fourth-order valence-electron chi connectivity index (χ4n) is 1.42. The van der Waals surface area contributed by atoms with E-state index < -0.39 is 0 Å². The lowest BCUT2D eigenvalue weighted by atomic mass is 10.3. The summed E-state index contributed by atoms with van der Waals surface area (Å²) in [6, 6.07) is 11.4. The van der Waals surface area contributed by atoms with Crippen LogP contribution in [0.4, 0.5) is 5.69 Å². The molecule has 0 radical (unpaired) electrons. The summed E-state index contributed by atoms with van der Waals surface area (Å²) < 4.78 is 0. The minimum Gasteiger partial charge on any atom is -0.383 e. The van der Waals surface area contributed by atoms with Crippen LogP contribution >= 0.6 is 35.0 Å². The van der Waals surface area contributed by atoms with E-state index in [0.29, 0.717) is 5.02 Å². The van der Waals surface area contributed by atoms with E-state index in [-0.39, 0.29) is 0 Å². The Labute approximate surface area is 121 Å². The molecule has 0 saturated heterocycles. The highest BCUT2D eigenvalue weighted by molar-refractivity contribution is 7.99. The van der Waals surface area contributed by atoms with Gasteiger partial charge in [0, 0.05) is 18.5 Å². The number of pyridine rings is 1. The molecule has 2 aromatic rings. The number of nitrogens with one attached hydrogen (secondary N) is 1. The molecular weight excluding hydrogens is 287 g/mol. The van der Waals surface area contributed by atoms with Crippen molar-refractivity contribution in [3.63, 3.8) is 0 Å². The molecule has 0 atom stereocenters. The van der Waals surface area contributed by atoms with E-state index >= 15 is 0 Å². The number of anilines is 1. The normalized spacial score (nSPS) is 10.3. The predicted molar refractivity (Wildman–Crippen MR) is 79.9 cm³/mol. The zero-order valence-corrected chi connectivity index (χ0v) is 11.9. The number of hydrogen-bond donors (Lipinski definition) is 1. The van der Waals surface area contributed by atoms with Gasteiger partial charge in [0.2, 0.25) is 0 Å². The molecule has 0 bridgehead atoms. The minimum absolute atomic E-state index is 0.695. The van der Waals surface area contributed by atoms with Crippen LogP contribution in [0.5, 0.6) is 0 Å². The van der Waals surface area contributed by atoms with Crippen molar-refractivity contribution in [1.82, 2.24) is 4.98 Å². The zero-order valence-electron chi connectivity index (χ0n) is 9.57. The van der Waals surface area contributed by atoms with Crippen molar-refractivity contribution >= 4 is 40.7 Å². The average Bonchev–Trinajstić information content (AvgIpc) is 2.38. The highest BCUT2D eigenvalue weighted by Crippen LogP contribution is 2.24. The maximum atomic E-state index is 6.04. The average molecular weight is 299 g/mol. The quantitative estimate of drug-likeness (QED) is 0.645. The van der Waals surface area contributed by atoms with Crippen LogP contribution < -0.4 is 5.32 Å². The molecule has 2 nitrogen and oxygen atoms in total. The second-order valence-corrected chi connectivity index (χ2v) is 5.44. The number of hydrogen-bond acceptors (Lipinski definition) is 3. The number of para-hydroxylation sites is 1. The summed E-state index contributed by atoms with van der Waals surface area (Å²) in [5.41, 5.74) is 0.951. The predicted octanol–water partition coefficient (Wildman–Crippen LogP) is 4.59. The van der Waals surface area contributed by atoms with E-state index in [1.807, 2.05) is 36.4 Å². The van der Waals surface area contributed by atoms with E-state index in [9.17, 15) is 0 Å². The molecule has 5 heteroatoms. The Kier molecular flexibility index (Phi) is 5.17. The fraction of sp³-hybridized carbons (Fsp3) is 0.154. The Balaban J connectivity index is 1.80. The molecule has 0 amide bonds. The van der Waals surface area contributed by atoms with Gasteiger partial charge in [0.05, 0.1) is 15.7 Å². The summed E-state index contributed by atoms with van der Waals surface area (Å²) >= 11 is 13.7.